The molecular formula is C13H18BrNO. The van der Waals surface area contributed by atoms with Gasteiger partial charge in [0.1, 0.15) is 0 Å². The lowest BCUT2D eigenvalue weighted by atomic mass is 10.0. The molecule has 0 N–H and O–H groups in total. The van der Waals surface area contributed by atoms with Gasteiger partial charge in [0.15, 0.2) is 0 Å². The van der Waals surface area contributed by atoms with E-state index in [1.807, 2.05) is 0 Å². The van der Waals surface area contributed by atoms with Gasteiger partial charge in [-0.2, -0.15) is 0 Å². The van der Waals surface area contributed by atoms with E-state index in [1.54, 1.807) is 0 Å². The number of ether oxygens (including phenoxy) is 1. The maximum atomic E-state index is 5.35. The summed E-state index contributed by atoms with van der Waals surface area (Å²) in [6.45, 7) is 7.32. The zero-order valence-electron chi connectivity index (χ0n) is 9.66. The van der Waals surface area contributed by atoms with Crippen molar-refractivity contribution in [2.24, 2.45) is 0 Å². The van der Waals surface area contributed by atoms with Crippen molar-refractivity contribution >= 4 is 15.9 Å². The molecule has 2 nitrogen and oxygen atoms in total. The van der Waals surface area contributed by atoms with Crippen molar-refractivity contribution < 1.29 is 4.74 Å². The Morgan fingerprint density at radius 3 is 2.50 bits per heavy atom. The van der Waals surface area contributed by atoms with Crippen LogP contribution in [0.2, 0.25) is 0 Å². The zero-order chi connectivity index (χ0) is 11.4. The highest BCUT2D eigenvalue weighted by Gasteiger charge is 2.14. The van der Waals surface area contributed by atoms with Crippen molar-refractivity contribution in [3.05, 3.63) is 34.3 Å². The number of benzene rings is 1. The molecule has 1 aromatic carbocycles. The first-order valence-corrected chi connectivity index (χ1v) is 6.60. The van der Waals surface area contributed by atoms with E-state index < -0.39 is 0 Å². The van der Waals surface area contributed by atoms with Gasteiger partial charge in [0, 0.05) is 24.1 Å². The van der Waals surface area contributed by atoms with Crippen LogP contribution in [0.15, 0.2) is 28.7 Å². The minimum atomic E-state index is 0.589. The van der Waals surface area contributed by atoms with E-state index in [4.69, 9.17) is 4.74 Å². The van der Waals surface area contributed by atoms with Crippen LogP contribution in [-0.4, -0.2) is 37.7 Å². The monoisotopic (exact) mass is 283 g/mol. The van der Waals surface area contributed by atoms with Crippen LogP contribution in [-0.2, 0) is 4.74 Å². The molecule has 1 aliphatic rings. The molecule has 0 bridgehead atoms. The standard InChI is InChI=1S/C13H18BrNO/c1-11(10-15-6-8-16-9-7-15)12-2-4-13(14)5-3-12/h2-5,11H,6-10H2,1H3. The summed E-state index contributed by atoms with van der Waals surface area (Å²) < 4.78 is 6.50. The highest BCUT2D eigenvalue weighted by Crippen LogP contribution is 2.19. The Kier molecular flexibility index (Phi) is 4.38. The second kappa shape index (κ2) is 5.80. The normalized spacial score (nSPS) is 19.6. The fraction of sp³-hybridized carbons (Fsp3) is 0.538. The topological polar surface area (TPSA) is 12.5 Å². The lowest BCUT2D eigenvalue weighted by Gasteiger charge is -2.29. The molecule has 1 aliphatic heterocycles. The number of halogens is 1. The average molecular weight is 284 g/mol. The van der Waals surface area contributed by atoms with Crippen molar-refractivity contribution in [3.8, 4) is 0 Å². The first-order chi connectivity index (χ1) is 7.75. The minimum absolute atomic E-state index is 0.589. The third-order valence-corrected chi connectivity index (χ3v) is 3.60. The van der Waals surface area contributed by atoms with Crippen LogP contribution in [0.1, 0.15) is 18.4 Å². The van der Waals surface area contributed by atoms with Gasteiger partial charge in [0.05, 0.1) is 13.2 Å². The molecule has 16 heavy (non-hydrogen) atoms. The van der Waals surface area contributed by atoms with Crippen molar-refractivity contribution in [3.63, 3.8) is 0 Å². The summed E-state index contributed by atoms with van der Waals surface area (Å²) in [4.78, 5) is 2.48. The first kappa shape index (κ1) is 12.1. The number of rotatable bonds is 3. The van der Waals surface area contributed by atoms with Crippen molar-refractivity contribution in [1.82, 2.24) is 4.90 Å². The lowest BCUT2D eigenvalue weighted by molar-refractivity contribution is 0.0357. The molecule has 0 saturated carbocycles. The van der Waals surface area contributed by atoms with Gasteiger partial charge in [0.25, 0.3) is 0 Å². The van der Waals surface area contributed by atoms with E-state index in [2.05, 4.69) is 52.0 Å². The molecule has 0 aromatic heterocycles. The molecule has 0 amide bonds. The molecule has 88 valence electrons. The first-order valence-electron chi connectivity index (χ1n) is 5.81. The number of morpholine rings is 1. The fourth-order valence-corrected chi connectivity index (χ4v) is 2.33. The highest BCUT2D eigenvalue weighted by molar-refractivity contribution is 9.10. The lowest BCUT2D eigenvalue weighted by Crippen LogP contribution is -2.38. The molecule has 1 aromatic rings. The Morgan fingerprint density at radius 1 is 1.25 bits per heavy atom. The largest absolute Gasteiger partial charge is 0.379 e. The smallest absolute Gasteiger partial charge is 0.0594 e. The fourth-order valence-electron chi connectivity index (χ4n) is 2.07. The SMILES string of the molecule is CC(CN1CCOCC1)c1ccc(Br)cc1. The Hall–Kier alpha value is -0.380. The van der Waals surface area contributed by atoms with Crippen LogP contribution in [0.25, 0.3) is 0 Å². The van der Waals surface area contributed by atoms with Crippen LogP contribution in [0.4, 0.5) is 0 Å². The Bertz CT molecular complexity index is 319. The van der Waals surface area contributed by atoms with Crippen LogP contribution in [0.3, 0.4) is 0 Å². The molecule has 1 saturated heterocycles. The van der Waals surface area contributed by atoms with Gasteiger partial charge in [0.2, 0.25) is 0 Å². The molecule has 1 heterocycles. The molecule has 1 unspecified atom stereocenters. The molecule has 1 atom stereocenters. The predicted molar refractivity (Wildman–Crippen MR) is 69.8 cm³/mol. The summed E-state index contributed by atoms with van der Waals surface area (Å²) in [7, 11) is 0. The Morgan fingerprint density at radius 2 is 1.88 bits per heavy atom. The summed E-state index contributed by atoms with van der Waals surface area (Å²) in [5.74, 6) is 0.589. The van der Waals surface area contributed by atoms with Crippen molar-refractivity contribution in [2.75, 3.05) is 32.8 Å². The third-order valence-electron chi connectivity index (χ3n) is 3.07. The second-order valence-electron chi connectivity index (χ2n) is 4.37. The van der Waals surface area contributed by atoms with E-state index in [0.717, 1.165) is 37.3 Å². The predicted octanol–water partition coefficient (Wildman–Crippen LogP) is 2.88. The van der Waals surface area contributed by atoms with Gasteiger partial charge in [-0.1, -0.05) is 35.0 Å². The van der Waals surface area contributed by atoms with Gasteiger partial charge in [-0.05, 0) is 23.6 Å². The summed E-state index contributed by atoms with van der Waals surface area (Å²) in [5.41, 5.74) is 1.41. The Balaban J connectivity index is 1.91. The number of nitrogens with zero attached hydrogens (tertiary/aromatic N) is 1. The van der Waals surface area contributed by atoms with Crippen LogP contribution < -0.4 is 0 Å². The Labute approximate surface area is 106 Å². The van der Waals surface area contributed by atoms with E-state index in [-0.39, 0.29) is 0 Å². The molecule has 1 fully saturated rings. The molecule has 0 spiro atoms. The van der Waals surface area contributed by atoms with Gasteiger partial charge in [-0.25, -0.2) is 0 Å². The maximum Gasteiger partial charge on any atom is 0.0594 e. The summed E-state index contributed by atoms with van der Waals surface area (Å²) in [6.07, 6.45) is 0. The van der Waals surface area contributed by atoms with Crippen molar-refractivity contribution in [1.29, 1.82) is 0 Å². The molecule has 0 aliphatic carbocycles. The quantitative estimate of drug-likeness (QED) is 0.846. The van der Waals surface area contributed by atoms with E-state index in [0.29, 0.717) is 5.92 Å². The van der Waals surface area contributed by atoms with Crippen molar-refractivity contribution in [2.45, 2.75) is 12.8 Å². The summed E-state index contributed by atoms with van der Waals surface area (Å²) in [6, 6.07) is 8.64. The van der Waals surface area contributed by atoms with Gasteiger partial charge < -0.3 is 4.74 Å². The van der Waals surface area contributed by atoms with Gasteiger partial charge >= 0.3 is 0 Å². The maximum absolute atomic E-state index is 5.35. The highest BCUT2D eigenvalue weighted by atomic mass is 79.9. The molecule has 3 heteroatoms. The number of hydrogen-bond acceptors (Lipinski definition) is 2. The average Bonchev–Trinajstić information content (AvgIpc) is 2.31. The second-order valence-corrected chi connectivity index (χ2v) is 5.28. The minimum Gasteiger partial charge on any atom is -0.379 e. The van der Waals surface area contributed by atoms with Crippen LogP contribution in [0.5, 0.6) is 0 Å². The van der Waals surface area contributed by atoms with Crippen LogP contribution in [0, 0.1) is 0 Å². The zero-order valence-corrected chi connectivity index (χ0v) is 11.2. The summed E-state index contributed by atoms with van der Waals surface area (Å²) in [5, 5.41) is 0. The molecule has 2 rings (SSSR count). The van der Waals surface area contributed by atoms with E-state index >= 15 is 0 Å². The van der Waals surface area contributed by atoms with Crippen LogP contribution >= 0.6 is 15.9 Å². The third kappa shape index (κ3) is 3.30. The van der Waals surface area contributed by atoms with Gasteiger partial charge in [-0.3, -0.25) is 4.90 Å². The molecular weight excluding hydrogens is 266 g/mol. The van der Waals surface area contributed by atoms with Gasteiger partial charge in [-0.15, -0.1) is 0 Å². The summed E-state index contributed by atoms with van der Waals surface area (Å²) >= 11 is 3.47. The number of hydrogen-bond donors (Lipinski definition) is 0. The van der Waals surface area contributed by atoms with E-state index in [9.17, 15) is 0 Å². The molecule has 0 radical (unpaired) electrons. The van der Waals surface area contributed by atoms with E-state index in [1.165, 1.54) is 5.56 Å².